The number of nitrogens with zero attached hydrogens (tertiary/aromatic N) is 1. The molecule has 0 aromatic rings. The van der Waals surface area contributed by atoms with Crippen LogP contribution < -0.4 is 0 Å². The van der Waals surface area contributed by atoms with Crippen molar-refractivity contribution in [3.8, 4) is 18.4 Å². The van der Waals surface area contributed by atoms with E-state index < -0.39 is 6.10 Å². The zero-order valence-electron chi connectivity index (χ0n) is 16.0. The van der Waals surface area contributed by atoms with E-state index in [9.17, 15) is 5.11 Å². The van der Waals surface area contributed by atoms with Crippen molar-refractivity contribution in [1.29, 1.82) is 5.26 Å². The molecule has 0 saturated heterocycles. The average Bonchev–Trinajstić information content (AvgIpc) is 2.35. The van der Waals surface area contributed by atoms with Crippen molar-refractivity contribution in [2.24, 2.45) is 16.2 Å². The van der Waals surface area contributed by atoms with Crippen molar-refractivity contribution in [2.45, 2.75) is 68.4 Å². The van der Waals surface area contributed by atoms with Gasteiger partial charge in [0.05, 0.1) is 17.7 Å². The zero-order chi connectivity index (χ0) is 18.8. The molecule has 0 heterocycles. The Balaban J connectivity index is -0.000000261. The van der Waals surface area contributed by atoms with Gasteiger partial charge in [-0.3, -0.25) is 0 Å². The monoisotopic (exact) mass is 305 g/mol. The topological polar surface area (TPSA) is 44.0 Å². The van der Waals surface area contributed by atoms with Crippen LogP contribution in [0.15, 0.2) is 24.8 Å². The van der Waals surface area contributed by atoms with Gasteiger partial charge >= 0.3 is 0 Å². The lowest BCUT2D eigenvalue weighted by atomic mass is 9.85. The highest BCUT2D eigenvalue weighted by atomic mass is 16.3. The fraction of sp³-hybridized carbons (Fsp3) is 0.650. The van der Waals surface area contributed by atoms with Gasteiger partial charge in [0.1, 0.15) is 0 Å². The van der Waals surface area contributed by atoms with E-state index in [0.717, 1.165) is 0 Å². The Kier molecular flexibility index (Phi) is 11.9. The third kappa shape index (κ3) is 20.8. The summed E-state index contributed by atoms with van der Waals surface area (Å²) in [4.78, 5) is 0. The molecule has 1 unspecified atom stereocenters. The first-order valence-electron chi connectivity index (χ1n) is 7.40. The number of aliphatic hydroxyl groups excluding tert-OH is 1. The van der Waals surface area contributed by atoms with E-state index in [1.54, 1.807) is 0 Å². The van der Waals surface area contributed by atoms with Gasteiger partial charge < -0.3 is 5.11 Å². The molecule has 2 heteroatoms. The molecule has 0 amide bonds. The summed E-state index contributed by atoms with van der Waals surface area (Å²) < 4.78 is 0. The number of aliphatic hydroxyl groups is 1. The number of rotatable bonds is 1. The first-order chi connectivity index (χ1) is 9.51. The van der Waals surface area contributed by atoms with Gasteiger partial charge in [-0.1, -0.05) is 54.2 Å². The highest BCUT2D eigenvalue weighted by Crippen LogP contribution is 2.23. The Morgan fingerprint density at radius 2 is 1.36 bits per heavy atom. The van der Waals surface area contributed by atoms with Crippen molar-refractivity contribution in [1.82, 2.24) is 0 Å². The fourth-order valence-electron chi connectivity index (χ4n) is 0.584. The van der Waals surface area contributed by atoms with Crippen LogP contribution in [0.3, 0.4) is 0 Å². The number of allylic oxidation sites excluding steroid dienone is 1. The Morgan fingerprint density at radius 3 is 1.41 bits per heavy atom. The molecule has 0 spiro atoms. The van der Waals surface area contributed by atoms with Crippen molar-refractivity contribution >= 4 is 0 Å². The fourth-order valence-corrected chi connectivity index (χ4v) is 0.584. The number of terminal acetylenes is 1. The van der Waals surface area contributed by atoms with Crippen molar-refractivity contribution in [2.75, 3.05) is 0 Å². The number of nitriles is 1. The van der Waals surface area contributed by atoms with E-state index in [4.69, 9.17) is 11.7 Å². The van der Waals surface area contributed by atoms with Crippen LogP contribution in [0.2, 0.25) is 0 Å². The molecule has 0 rings (SSSR count). The van der Waals surface area contributed by atoms with E-state index >= 15 is 0 Å². The number of hydrogen-bond donors (Lipinski definition) is 1. The Hall–Kier alpha value is -1.51. The summed E-state index contributed by atoms with van der Waals surface area (Å²) in [6.07, 6.45) is 6.27. The largest absolute Gasteiger partial charge is 0.387 e. The molecule has 0 aliphatic carbocycles. The van der Waals surface area contributed by atoms with Gasteiger partial charge in [0.25, 0.3) is 0 Å². The van der Waals surface area contributed by atoms with Gasteiger partial charge in [-0.05, 0) is 31.6 Å². The molecule has 0 saturated carbocycles. The number of hydrogen-bond acceptors (Lipinski definition) is 2. The molecule has 22 heavy (non-hydrogen) atoms. The molecule has 1 N–H and O–H groups in total. The molecule has 0 aromatic carbocycles. The standard InChI is InChI=1S/C8H13NO.C6H12.C6H10/c1-6(5-9)7(10)8(2,3)4;2*1-5-6(2,3)4/h7,10H,1H2,2-4H3;5H,1H2,2-4H3;1H,2-4H3. The van der Waals surface area contributed by atoms with Gasteiger partial charge in [0.15, 0.2) is 0 Å². The van der Waals surface area contributed by atoms with Crippen LogP contribution in [0.5, 0.6) is 0 Å². The maximum absolute atomic E-state index is 9.33. The highest BCUT2D eigenvalue weighted by Gasteiger charge is 2.24. The van der Waals surface area contributed by atoms with Crippen LogP contribution in [0.1, 0.15) is 62.3 Å². The van der Waals surface area contributed by atoms with E-state index in [2.05, 4.69) is 39.8 Å². The maximum atomic E-state index is 9.33. The normalized spacial score (nSPS) is 12.2. The minimum Gasteiger partial charge on any atom is -0.387 e. The first kappa shape index (κ1) is 25.4. The zero-order valence-corrected chi connectivity index (χ0v) is 16.0. The molecular weight excluding hydrogens is 270 g/mol. The van der Waals surface area contributed by atoms with Gasteiger partial charge in [-0.25, -0.2) is 0 Å². The van der Waals surface area contributed by atoms with Crippen LogP contribution in [0.25, 0.3) is 0 Å². The van der Waals surface area contributed by atoms with E-state index in [0.29, 0.717) is 5.41 Å². The second-order valence-electron chi connectivity index (χ2n) is 8.37. The molecule has 0 aliphatic heterocycles. The van der Waals surface area contributed by atoms with Crippen LogP contribution in [0, 0.1) is 39.9 Å². The molecule has 126 valence electrons. The Morgan fingerprint density at radius 1 is 1.09 bits per heavy atom. The van der Waals surface area contributed by atoms with Crippen LogP contribution in [-0.2, 0) is 0 Å². The molecule has 1 atom stereocenters. The summed E-state index contributed by atoms with van der Waals surface area (Å²) in [5.74, 6) is 2.60. The SMILES string of the molecule is C#CC(C)(C)C.C=C(C#N)C(O)C(C)(C)C.C=CC(C)(C)C. The van der Waals surface area contributed by atoms with Gasteiger partial charge in [0, 0.05) is 5.41 Å². The average molecular weight is 306 g/mol. The lowest BCUT2D eigenvalue weighted by molar-refractivity contribution is 0.0991. The van der Waals surface area contributed by atoms with Crippen LogP contribution >= 0.6 is 0 Å². The maximum Gasteiger partial charge on any atom is 0.0968 e. The summed E-state index contributed by atoms with van der Waals surface area (Å²) in [5, 5.41) is 17.7. The lowest BCUT2D eigenvalue weighted by Gasteiger charge is -2.24. The van der Waals surface area contributed by atoms with Gasteiger partial charge in [0.2, 0.25) is 0 Å². The predicted molar refractivity (Wildman–Crippen MR) is 98.2 cm³/mol. The summed E-state index contributed by atoms with van der Waals surface area (Å²) in [6.45, 7) is 25.0. The van der Waals surface area contributed by atoms with Crippen LogP contribution in [-0.4, -0.2) is 11.2 Å². The Bertz CT molecular complexity index is 411. The molecular formula is C20H35NO. The Labute approximate surface area is 138 Å². The second-order valence-corrected chi connectivity index (χ2v) is 8.37. The summed E-state index contributed by atoms with van der Waals surface area (Å²) in [5.41, 5.74) is 0.319. The van der Waals surface area contributed by atoms with Gasteiger partial charge in [-0.2, -0.15) is 5.26 Å². The quantitative estimate of drug-likeness (QED) is 0.403. The van der Waals surface area contributed by atoms with E-state index in [1.807, 2.05) is 53.7 Å². The minimum atomic E-state index is -0.725. The molecule has 0 fully saturated rings. The van der Waals surface area contributed by atoms with Crippen molar-refractivity contribution in [3.63, 3.8) is 0 Å². The summed E-state index contributed by atoms with van der Waals surface area (Å²) in [6, 6.07) is 1.83. The van der Waals surface area contributed by atoms with Crippen LogP contribution in [0.4, 0.5) is 0 Å². The highest BCUT2D eigenvalue weighted by molar-refractivity contribution is 5.22. The first-order valence-corrected chi connectivity index (χ1v) is 7.40. The molecule has 0 aliphatic rings. The predicted octanol–water partition coefficient (Wildman–Crippen LogP) is 5.36. The third-order valence-corrected chi connectivity index (χ3v) is 2.34. The molecule has 2 nitrogen and oxygen atoms in total. The molecule has 0 bridgehead atoms. The van der Waals surface area contributed by atoms with Crippen molar-refractivity contribution in [3.05, 3.63) is 24.8 Å². The smallest absolute Gasteiger partial charge is 0.0968 e. The van der Waals surface area contributed by atoms with E-state index in [-0.39, 0.29) is 16.4 Å². The molecule has 0 aromatic heterocycles. The second kappa shape index (κ2) is 10.3. The summed E-state index contributed by atoms with van der Waals surface area (Å²) in [7, 11) is 0. The van der Waals surface area contributed by atoms with Gasteiger partial charge in [-0.15, -0.1) is 18.9 Å². The lowest BCUT2D eigenvalue weighted by Crippen LogP contribution is -2.26. The van der Waals surface area contributed by atoms with E-state index in [1.165, 1.54) is 0 Å². The minimum absolute atomic E-state index is 0.0694. The molecule has 0 radical (unpaired) electrons. The third-order valence-electron chi connectivity index (χ3n) is 2.34. The summed E-state index contributed by atoms with van der Waals surface area (Å²) >= 11 is 0. The van der Waals surface area contributed by atoms with Crippen molar-refractivity contribution < 1.29 is 5.11 Å².